The zero-order valence-electron chi connectivity index (χ0n) is 19.3. The van der Waals surface area contributed by atoms with Crippen LogP contribution in [0, 0.1) is 16.9 Å². The lowest BCUT2D eigenvalue weighted by Crippen LogP contribution is -2.58. The molecule has 3 aromatic rings. The summed E-state index contributed by atoms with van der Waals surface area (Å²) in [6, 6.07) is 29.4. The minimum Gasteiger partial charge on any atom is -0.323 e. The van der Waals surface area contributed by atoms with Gasteiger partial charge >= 0.3 is 5.97 Å². The van der Waals surface area contributed by atoms with Crippen molar-refractivity contribution in [3.63, 3.8) is 0 Å². The first kappa shape index (κ1) is 22.1. The number of benzene rings is 3. The highest BCUT2D eigenvalue weighted by atomic mass is 28.3. The van der Waals surface area contributed by atoms with Crippen LogP contribution in [0.5, 0.6) is 0 Å². The zero-order valence-corrected chi connectivity index (χ0v) is 20.3. The lowest BCUT2D eigenvalue weighted by atomic mass is 9.83. The van der Waals surface area contributed by atoms with Crippen LogP contribution in [0.2, 0.25) is 6.55 Å². The molecule has 168 valence electrons. The lowest BCUT2D eigenvalue weighted by Gasteiger charge is -2.51. The normalized spacial score (nSPS) is 24.2. The summed E-state index contributed by atoms with van der Waals surface area (Å²) >= 11 is 0. The highest BCUT2D eigenvalue weighted by Gasteiger charge is 2.53. The van der Waals surface area contributed by atoms with Crippen molar-refractivity contribution in [2.45, 2.75) is 32.3 Å². The number of rotatable bonds is 5. The third-order valence-electron chi connectivity index (χ3n) is 6.88. The van der Waals surface area contributed by atoms with Gasteiger partial charge in [-0.1, -0.05) is 86.5 Å². The Labute approximate surface area is 197 Å². The third kappa shape index (κ3) is 4.18. The summed E-state index contributed by atoms with van der Waals surface area (Å²) < 4.78 is 18.3. The largest absolute Gasteiger partial charge is 0.323 e. The van der Waals surface area contributed by atoms with Crippen LogP contribution < -0.4 is 10.4 Å². The molecule has 0 amide bonds. The summed E-state index contributed by atoms with van der Waals surface area (Å²) in [5.74, 6) is 2.39. The van der Waals surface area contributed by atoms with Crippen molar-refractivity contribution in [3.8, 4) is 11.5 Å². The predicted octanol–water partition coefficient (Wildman–Crippen LogP) is 4.44. The highest BCUT2D eigenvalue weighted by Crippen LogP contribution is 2.46. The van der Waals surface area contributed by atoms with Crippen LogP contribution in [0.4, 0.5) is 0 Å². The molecular weight excluding hydrogens is 424 g/mol. The molecule has 4 heteroatoms. The van der Waals surface area contributed by atoms with Gasteiger partial charge in [-0.15, -0.1) is 5.54 Å². The molecule has 3 nitrogen and oxygen atoms in total. The van der Waals surface area contributed by atoms with Gasteiger partial charge in [0.05, 0.1) is 19.8 Å². The molecule has 0 saturated carbocycles. The Bertz CT molecular complexity index is 1080. The monoisotopic (exact) mass is 454 g/mol. The molecule has 3 aliphatic rings. The van der Waals surface area contributed by atoms with E-state index in [2.05, 4.69) is 85.6 Å². The number of fused-ring (bicyclic) bond motifs is 3. The Balaban J connectivity index is 1.40. The van der Waals surface area contributed by atoms with Gasteiger partial charge in [-0.25, -0.2) is 0 Å². The summed E-state index contributed by atoms with van der Waals surface area (Å²) in [5.41, 5.74) is 5.57. The number of hydrogen-bond acceptors (Lipinski definition) is 3. The lowest BCUT2D eigenvalue weighted by molar-refractivity contribution is -0.480. The molecule has 0 spiro atoms. The molecule has 33 heavy (non-hydrogen) atoms. The number of ether oxygens (including phenoxy) is 3. The summed E-state index contributed by atoms with van der Waals surface area (Å²) in [6.45, 7) is 6.55. The average molecular weight is 455 g/mol. The van der Waals surface area contributed by atoms with Gasteiger partial charge in [0.15, 0.2) is 8.07 Å². The van der Waals surface area contributed by atoms with Gasteiger partial charge in [0.2, 0.25) is 0 Å². The van der Waals surface area contributed by atoms with Gasteiger partial charge in [-0.05, 0) is 41.1 Å². The first-order valence-corrected chi connectivity index (χ1v) is 14.2. The first-order valence-electron chi connectivity index (χ1n) is 11.7. The van der Waals surface area contributed by atoms with E-state index in [0.717, 1.165) is 24.0 Å². The van der Waals surface area contributed by atoms with Gasteiger partial charge in [-0.3, -0.25) is 0 Å². The molecule has 0 radical (unpaired) electrons. The summed E-state index contributed by atoms with van der Waals surface area (Å²) in [7, 11) is -2.20. The van der Waals surface area contributed by atoms with E-state index in [1.54, 1.807) is 0 Å². The predicted molar refractivity (Wildman–Crippen MR) is 134 cm³/mol. The molecule has 0 aliphatic carbocycles. The topological polar surface area (TPSA) is 27.7 Å². The molecule has 0 atom stereocenters. The molecule has 0 unspecified atom stereocenters. The van der Waals surface area contributed by atoms with Crippen molar-refractivity contribution in [3.05, 3.63) is 96.1 Å². The second-order valence-electron chi connectivity index (χ2n) is 9.36. The molecule has 3 fully saturated rings. The Morgan fingerprint density at radius 2 is 1.27 bits per heavy atom. The van der Waals surface area contributed by atoms with Crippen LogP contribution in [-0.4, -0.2) is 27.9 Å². The first-order chi connectivity index (χ1) is 16.1. The summed E-state index contributed by atoms with van der Waals surface area (Å²) in [5, 5.41) is 2.63. The van der Waals surface area contributed by atoms with Crippen molar-refractivity contribution in [2.75, 3.05) is 19.8 Å². The average Bonchev–Trinajstić information content (AvgIpc) is 2.90. The maximum absolute atomic E-state index is 6.10. The molecule has 3 saturated heterocycles. The van der Waals surface area contributed by atoms with Crippen molar-refractivity contribution in [2.24, 2.45) is 5.41 Å². The maximum atomic E-state index is 6.10. The highest BCUT2D eigenvalue weighted by molar-refractivity contribution is 7.07. The van der Waals surface area contributed by atoms with E-state index in [1.165, 1.54) is 10.4 Å². The van der Waals surface area contributed by atoms with Crippen molar-refractivity contribution < 1.29 is 14.2 Å². The second kappa shape index (κ2) is 8.93. The van der Waals surface area contributed by atoms with E-state index in [1.807, 2.05) is 24.3 Å². The third-order valence-corrected chi connectivity index (χ3v) is 10.5. The SMILES string of the molecule is CCCC12COC(c3ccc(C#C[Si](C)(c4ccccc4)c4ccccc4)cc3)(OC1)OC2. The van der Waals surface area contributed by atoms with Crippen molar-refractivity contribution >= 4 is 18.4 Å². The molecule has 0 N–H and O–H groups in total. The fourth-order valence-corrected chi connectivity index (χ4v) is 7.53. The van der Waals surface area contributed by atoms with Crippen LogP contribution in [-0.2, 0) is 20.2 Å². The van der Waals surface area contributed by atoms with Crippen molar-refractivity contribution in [1.29, 1.82) is 0 Å². The van der Waals surface area contributed by atoms with Crippen LogP contribution in [0.25, 0.3) is 0 Å². The Morgan fingerprint density at radius 3 is 1.76 bits per heavy atom. The maximum Gasteiger partial charge on any atom is 0.312 e. The fourth-order valence-electron chi connectivity index (χ4n) is 4.80. The second-order valence-corrected chi connectivity index (χ2v) is 13.0. The minimum absolute atomic E-state index is 0.00583. The summed E-state index contributed by atoms with van der Waals surface area (Å²) in [6.07, 6.45) is 2.16. The van der Waals surface area contributed by atoms with Gasteiger partial charge in [-0.2, -0.15) is 0 Å². The zero-order chi connectivity index (χ0) is 22.8. The fraction of sp³-hybridized carbons (Fsp3) is 0.310. The van der Waals surface area contributed by atoms with Gasteiger partial charge in [0, 0.05) is 16.5 Å². The van der Waals surface area contributed by atoms with Crippen LogP contribution in [0.1, 0.15) is 30.9 Å². The van der Waals surface area contributed by atoms with Crippen LogP contribution >= 0.6 is 0 Å². The van der Waals surface area contributed by atoms with Gasteiger partial charge in [0.25, 0.3) is 0 Å². The Morgan fingerprint density at radius 1 is 0.758 bits per heavy atom. The minimum atomic E-state index is -2.20. The van der Waals surface area contributed by atoms with Gasteiger partial charge < -0.3 is 14.2 Å². The van der Waals surface area contributed by atoms with E-state index in [4.69, 9.17) is 14.2 Å². The van der Waals surface area contributed by atoms with E-state index in [-0.39, 0.29) is 5.41 Å². The quantitative estimate of drug-likeness (QED) is 0.421. The van der Waals surface area contributed by atoms with Crippen LogP contribution in [0.3, 0.4) is 0 Å². The van der Waals surface area contributed by atoms with Crippen LogP contribution in [0.15, 0.2) is 84.9 Å². The van der Waals surface area contributed by atoms with E-state index >= 15 is 0 Å². The van der Waals surface area contributed by atoms with E-state index in [9.17, 15) is 0 Å². The molecule has 3 aromatic carbocycles. The summed E-state index contributed by atoms with van der Waals surface area (Å²) in [4.78, 5) is 0. The molecule has 3 heterocycles. The van der Waals surface area contributed by atoms with E-state index < -0.39 is 14.0 Å². The standard InChI is InChI=1S/C29H30O3Si/c1-3-19-28-21-30-29(31-22-28,32-23-28)25-16-14-24(15-17-25)18-20-33(2,26-10-6-4-7-11-26)27-12-8-5-9-13-27/h4-17H,3,19,21-23H2,1-2H3. The van der Waals surface area contributed by atoms with E-state index in [0.29, 0.717) is 19.8 Å². The van der Waals surface area contributed by atoms with Gasteiger partial charge in [0.1, 0.15) is 0 Å². The molecule has 0 aromatic heterocycles. The molecular formula is C29H30O3Si. The molecule has 3 aliphatic heterocycles. The van der Waals surface area contributed by atoms with Crippen molar-refractivity contribution in [1.82, 2.24) is 0 Å². The Kier molecular flexibility index (Phi) is 5.99. The number of hydrogen-bond donors (Lipinski definition) is 0. The molecule has 6 rings (SSSR count). The Hall–Kier alpha value is -2.68. The molecule has 2 bridgehead atoms. The smallest absolute Gasteiger partial charge is 0.312 e.